The average molecular weight is 756 g/mol. The number of rotatable bonds is 37. The molecule has 0 spiro atoms. The molecule has 0 heterocycles. The van der Waals surface area contributed by atoms with Crippen LogP contribution in [0.25, 0.3) is 0 Å². The Balaban J connectivity index is 4.58. The number of allylic oxidation sites excluding steroid dienone is 5. The number of nitrogens with one attached hydrogen (secondary N) is 1. The fraction of sp³-hybridized carbons (Fsp3) is 0.810. The number of amides is 1. The molecule has 0 aromatic carbocycles. The van der Waals surface area contributed by atoms with Gasteiger partial charge in [0.05, 0.1) is 39.9 Å². The molecule has 3 N–H and O–H groups in total. The highest BCUT2D eigenvalue weighted by molar-refractivity contribution is 7.47. The number of unbranched alkanes of at least 4 members (excludes halogenated alkanes) is 19. The molecule has 0 aliphatic rings. The van der Waals surface area contributed by atoms with Crippen molar-refractivity contribution in [2.75, 3.05) is 40.9 Å². The Kier molecular flexibility index (Phi) is 32.9. The van der Waals surface area contributed by atoms with E-state index in [1.54, 1.807) is 12.2 Å². The van der Waals surface area contributed by atoms with Crippen molar-refractivity contribution < 1.29 is 37.7 Å². The summed E-state index contributed by atoms with van der Waals surface area (Å²) in [5, 5.41) is 13.7. The van der Waals surface area contributed by atoms with Gasteiger partial charge >= 0.3 is 7.82 Å². The normalized spacial score (nSPS) is 14.8. The van der Waals surface area contributed by atoms with Gasteiger partial charge < -0.3 is 19.8 Å². The SMILES string of the molecule is CCCCC/C=C\C=C\C(=O)CCCCCCCC(=O)N[C@@H](COP(=O)(O)OCC[N+](C)(C)C)[C@H](O)/C=C/CCCCCCCCCCCCCC. The molecule has 52 heavy (non-hydrogen) atoms. The Morgan fingerprint density at radius 3 is 1.79 bits per heavy atom. The van der Waals surface area contributed by atoms with Crippen LogP contribution in [0, 0.1) is 0 Å². The highest BCUT2D eigenvalue weighted by atomic mass is 31.2. The van der Waals surface area contributed by atoms with Crippen molar-refractivity contribution in [1.82, 2.24) is 5.32 Å². The highest BCUT2D eigenvalue weighted by Gasteiger charge is 2.27. The quantitative estimate of drug-likeness (QED) is 0.0144. The molecule has 0 saturated carbocycles. The number of hydrogen-bond acceptors (Lipinski definition) is 6. The minimum Gasteiger partial charge on any atom is -0.387 e. The number of nitrogens with zero attached hydrogens (tertiary/aromatic N) is 1. The first-order valence-electron chi connectivity index (χ1n) is 20.8. The van der Waals surface area contributed by atoms with Crippen LogP contribution in [-0.2, 0) is 23.2 Å². The monoisotopic (exact) mass is 756 g/mol. The summed E-state index contributed by atoms with van der Waals surface area (Å²) in [5.74, 6) is -0.109. The van der Waals surface area contributed by atoms with E-state index in [1.165, 1.54) is 83.5 Å². The molecule has 0 aliphatic carbocycles. The van der Waals surface area contributed by atoms with Crippen molar-refractivity contribution >= 4 is 19.5 Å². The van der Waals surface area contributed by atoms with E-state index in [1.807, 2.05) is 39.4 Å². The number of phosphoric ester groups is 1. The number of ketones is 1. The predicted octanol–water partition coefficient (Wildman–Crippen LogP) is 10.3. The van der Waals surface area contributed by atoms with E-state index >= 15 is 0 Å². The second kappa shape index (κ2) is 33.9. The zero-order valence-corrected chi connectivity index (χ0v) is 34.9. The van der Waals surface area contributed by atoms with Crippen LogP contribution in [0.15, 0.2) is 36.5 Å². The molecule has 0 bridgehead atoms. The number of aliphatic hydroxyl groups excluding tert-OH is 1. The van der Waals surface area contributed by atoms with Gasteiger partial charge in [-0.05, 0) is 44.6 Å². The number of likely N-dealkylation sites (N-methyl/N-ethyl adjacent to an activating group) is 1. The van der Waals surface area contributed by atoms with Gasteiger partial charge in [0.15, 0.2) is 5.78 Å². The Bertz CT molecular complexity index is 1010. The van der Waals surface area contributed by atoms with Crippen LogP contribution in [0.5, 0.6) is 0 Å². The molecule has 3 atom stereocenters. The Morgan fingerprint density at radius 2 is 1.19 bits per heavy atom. The summed E-state index contributed by atoms with van der Waals surface area (Å²) in [6.07, 6.45) is 35.9. The van der Waals surface area contributed by atoms with Gasteiger partial charge in [0.1, 0.15) is 13.2 Å². The molecule has 9 nitrogen and oxygen atoms in total. The maximum Gasteiger partial charge on any atom is 0.472 e. The summed E-state index contributed by atoms with van der Waals surface area (Å²) in [6.45, 7) is 4.64. The molecule has 0 fully saturated rings. The van der Waals surface area contributed by atoms with E-state index in [2.05, 4.69) is 25.2 Å². The minimum atomic E-state index is -4.36. The van der Waals surface area contributed by atoms with E-state index in [-0.39, 0.29) is 31.3 Å². The molecule has 304 valence electrons. The number of carbonyl (C=O) groups is 2. The first kappa shape index (κ1) is 50.4. The first-order valence-corrected chi connectivity index (χ1v) is 22.3. The largest absolute Gasteiger partial charge is 0.472 e. The Labute approximate surface area is 319 Å². The van der Waals surface area contributed by atoms with E-state index in [4.69, 9.17) is 9.05 Å². The number of hydrogen-bond donors (Lipinski definition) is 3. The fourth-order valence-corrected chi connectivity index (χ4v) is 6.40. The van der Waals surface area contributed by atoms with E-state index < -0.39 is 20.0 Å². The molecule has 0 aromatic heterocycles. The van der Waals surface area contributed by atoms with Crippen LogP contribution in [-0.4, -0.2) is 79.2 Å². The summed E-state index contributed by atoms with van der Waals surface area (Å²) < 4.78 is 23.4. The molecule has 0 aromatic rings. The number of carbonyl (C=O) groups excluding carboxylic acids is 2. The topological polar surface area (TPSA) is 122 Å². The lowest BCUT2D eigenvalue weighted by atomic mass is 10.0. The van der Waals surface area contributed by atoms with Crippen LogP contribution < -0.4 is 5.32 Å². The van der Waals surface area contributed by atoms with E-state index in [9.17, 15) is 24.2 Å². The molecule has 1 unspecified atom stereocenters. The third-order valence-electron chi connectivity index (χ3n) is 9.08. The van der Waals surface area contributed by atoms with E-state index in [0.29, 0.717) is 23.9 Å². The predicted molar refractivity (Wildman–Crippen MR) is 217 cm³/mol. The molecular weight excluding hydrogens is 675 g/mol. The summed E-state index contributed by atoms with van der Waals surface area (Å²) >= 11 is 0. The van der Waals surface area contributed by atoms with Gasteiger partial charge in [0, 0.05) is 12.8 Å². The van der Waals surface area contributed by atoms with Gasteiger partial charge in [-0.25, -0.2) is 4.57 Å². The molecule has 0 saturated heterocycles. The molecule has 0 radical (unpaired) electrons. The molecule has 1 amide bonds. The van der Waals surface area contributed by atoms with Gasteiger partial charge in [-0.15, -0.1) is 0 Å². The van der Waals surface area contributed by atoms with Crippen LogP contribution >= 0.6 is 7.82 Å². The average Bonchev–Trinajstić information content (AvgIpc) is 3.08. The number of phosphoric acid groups is 1. The Hall–Kier alpha value is -1.61. The smallest absolute Gasteiger partial charge is 0.387 e. The maximum atomic E-state index is 12.8. The van der Waals surface area contributed by atoms with Crippen molar-refractivity contribution in [2.24, 2.45) is 0 Å². The van der Waals surface area contributed by atoms with Gasteiger partial charge in [0.25, 0.3) is 0 Å². The van der Waals surface area contributed by atoms with Crippen molar-refractivity contribution in [2.45, 2.75) is 180 Å². The second-order valence-corrected chi connectivity index (χ2v) is 16.9. The third kappa shape index (κ3) is 35.4. The minimum absolute atomic E-state index is 0.0389. The van der Waals surface area contributed by atoms with Crippen LogP contribution in [0.4, 0.5) is 0 Å². The van der Waals surface area contributed by atoms with Crippen molar-refractivity contribution in [3.05, 3.63) is 36.5 Å². The first-order chi connectivity index (χ1) is 24.9. The third-order valence-corrected chi connectivity index (χ3v) is 10.1. The molecule has 0 aliphatic heterocycles. The lowest BCUT2D eigenvalue weighted by Crippen LogP contribution is -2.45. The van der Waals surface area contributed by atoms with Gasteiger partial charge in [0.2, 0.25) is 5.91 Å². The van der Waals surface area contributed by atoms with Gasteiger partial charge in [-0.2, -0.15) is 0 Å². The van der Waals surface area contributed by atoms with Crippen LogP contribution in [0.3, 0.4) is 0 Å². The fourth-order valence-electron chi connectivity index (χ4n) is 5.67. The summed E-state index contributed by atoms with van der Waals surface area (Å²) in [7, 11) is 1.49. The summed E-state index contributed by atoms with van der Waals surface area (Å²) in [4.78, 5) is 35.1. The highest BCUT2D eigenvalue weighted by Crippen LogP contribution is 2.43. The van der Waals surface area contributed by atoms with Crippen LogP contribution in [0.2, 0.25) is 0 Å². The lowest BCUT2D eigenvalue weighted by molar-refractivity contribution is -0.870. The van der Waals surface area contributed by atoms with Crippen molar-refractivity contribution in [1.29, 1.82) is 0 Å². The molecule has 10 heteroatoms. The van der Waals surface area contributed by atoms with Gasteiger partial charge in [-0.3, -0.25) is 18.6 Å². The Morgan fingerprint density at radius 1 is 0.692 bits per heavy atom. The number of aliphatic hydroxyl groups is 1. The van der Waals surface area contributed by atoms with Crippen molar-refractivity contribution in [3.8, 4) is 0 Å². The maximum absolute atomic E-state index is 12.8. The lowest BCUT2D eigenvalue weighted by Gasteiger charge is -2.25. The number of quaternary nitrogens is 1. The van der Waals surface area contributed by atoms with E-state index in [0.717, 1.165) is 51.4 Å². The van der Waals surface area contributed by atoms with Crippen LogP contribution in [0.1, 0.15) is 168 Å². The molecular formula is C42H80N2O7P+. The standard InChI is InChI=1S/C42H79N2O7P/c1-6-8-10-12-14-15-16-17-18-19-20-22-26-30-34-41(46)40(38-51-52(48,49)50-37-36-44(3,4)5)43-42(47)35-31-27-23-25-29-33-39(45)32-28-24-21-13-11-9-7-2/h21,24,28,30,32,34,40-41,46H,6-20,22-23,25-27,29,31,33,35-38H2,1-5H3,(H-,43,47,48,49)/p+1/b24-21-,32-28+,34-30+/t40-,41+/m0/s1. The van der Waals surface area contributed by atoms with Gasteiger partial charge in [-0.1, -0.05) is 147 Å². The second-order valence-electron chi connectivity index (χ2n) is 15.4. The molecule has 0 rings (SSSR count). The zero-order chi connectivity index (χ0) is 38.8. The zero-order valence-electron chi connectivity index (χ0n) is 34.0. The summed E-state index contributed by atoms with van der Waals surface area (Å²) in [5.41, 5.74) is 0. The van der Waals surface area contributed by atoms with Crippen molar-refractivity contribution in [3.63, 3.8) is 0 Å². The summed E-state index contributed by atoms with van der Waals surface area (Å²) in [6, 6.07) is -0.890.